The lowest BCUT2D eigenvalue weighted by atomic mass is 9.79. The number of carbonyl (C=O) groups is 2. The molecule has 0 aromatic heterocycles. The van der Waals surface area contributed by atoms with Crippen LogP contribution in [0.1, 0.15) is 63.0 Å². The molecule has 1 saturated carbocycles. The summed E-state index contributed by atoms with van der Waals surface area (Å²) in [5, 5.41) is 12.0. The number of Topliss-reactive ketones (excluding diaryl/α,β-unsaturated/α-hetero) is 1. The molecule has 0 spiro atoms. The van der Waals surface area contributed by atoms with Crippen LogP contribution >= 0.6 is 0 Å². The van der Waals surface area contributed by atoms with Gasteiger partial charge in [-0.1, -0.05) is 44.0 Å². The Balaban J connectivity index is 1.81. The fourth-order valence-electron chi connectivity index (χ4n) is 3.84. The number of carbonyl (C=O) groups excluding carboxylic acids is 1. The van der Waals surface area contributed by atoms with Crippen molar-refractivity contribution in [1.82, 2.24) is 5.32 Å². The van der Waals surface area contributed by atoms with E-state index < -0.39 is 5.97 Å². The van der Waals surface area contributed by atoms with Gasteiger partial charge in [-0.05, 0) is 56.2 Å². The average Bonchev–Trinajstić information content (AvgIpc) is 2.62. The number of aryl methyl sites for hydroxylation is 1. The Hall–Kier alpha value is -1.68. The molecular formula is C22H33NO3. The molecule has 0 amide bonds. The van der Waals surface area contributed by atoms with Crippen LogP contribution in [-0.2, 0) is 22.4 Å². The van der Waals surface area contributed by atoms with Crippen LogP contribution < -0.4 is 5.32 Å². The summed E-state index contributed by atoms with van der Waals surface area (Å²) in [6.07, 6.45) is 7.61. The Kier molecular flexibility index (Phi) is 8.30. The van der Waals surface area contributed by atoms with Crippen LogP contribution in [0, 0.1) is 11.8 Å². The Morgan fingerprint density at radius 3 is 2.31 bits per heavy atom. The van der Waals surface area contributed by atoms with E-state index in [9.17, 15) is 9.59 Å². The minimum Gasteiger partial charge on any atom is -0.481 e. The largest absolute Gasteiger partial charge is 0.481 e. The predicted molar refractivity (Wildman–Crippen MR) is 104 cm³/mol. The highest BCUT2D eigenvalue weighted by molar-refractivity contribution is 5.81. The molecule has 144 valence electrons. The number of rotatable bonds is 10. The summed E-state index contributed by atoms with van der Waals surface area (Å²) < 4.78 is 0. The van der Waals surface area contributed by atoms with E-state index >= 15 is 0 Å². The first-order valence-corrected chi connectivity index (χ1v) is 9.97. The lowest BCUT2D eigenvalue weighted by Gasteiger charge is -2.26. The third-order valence-corrected chi connectivity index (χ3v) is 5.69. The van der Waals surface area contributed by atoms with E-state index in [2.05, 4.69) is 36.5 Å². The highest BCUT2D eigenvalue weighted by Gasteiger charge is 2.25. The highest BCUT2D eigenvalue weighted by Crippen LogP contribution is 2.30. The minimum atomic E-state index is -0.740. The molecule has 0 radical (unpaired) electrons. The summed E-state index contributed by atoms with van der Waals surface area (Å²) in [5.74, 6) is 0.712. The molecule has 1 aromatic rings. The molecule has 0 heterocycles. The van der Waals surface area contributed by atoms with Crippen molar-refractivity contribution in [3.05, 3.63) is 35.4 Å². The normalized spacial score (nSPS) is 21.3. The van der Waals surface area contributed by atoms with Gasteiger partial charge in [-0.3, -0.25) is 9.59 Å². The molecule has 2 N–H and O–H groups in total. The summed E-state index contributed by atoms with van der Waals surface area (Å²) in [6, 6.07) is 8.54. The minimum absolute atomic E-state index is 0.180. The number of likely N-dealkylation sites (N-methyl/N-ethyl adjacent to an activating group) is 1. The molecular weight excluding hydrogens is 326 g/mol. The lowest BCUT2D eigenvalue weighted by Crippen LogP contribution is -2.33. The second-order valence-corrected chi connectivity index (χ2v) is 7.88. The van der Waals surface area contributed by atoms with E-state index in [1.807, 2.05) is 7.05 Å². The van der Waals surface area contributed by atoms with Gasteiger partial charge in [-0.15, -0.1) is 0 Å². The first kappa shape index (κ1) is 20.6. The van der Waals surface area contributed by atoms with Crippen molar-refractivity contribution < 1.29 is 14.7 Å². The molecule has 4 heteroatoms. The fourth-order valence-corrected chi connectivity index (χ4v) is 3.84. The number of carboxylic acid groups (broad SMARTS) is 1. The van der Waals surface area contributed by atoms with Gasteiger partial charge in [0.1, 0.15) is 5.78 Å². The van der Waals surface area contributed by atoms with E-state index in [0.29, 0.717) is 18.6 Å². The van der Waals surface area contributed by atoms with Crippen molar-refractivity contribution in [2.75, 3.05) is 7.05 Å². The quantitative estimate of drug-likeness (QED) is 0.662. The molecule has 0 aliphatic heterocycles. The van der Waals surface area contributed by atoms with Crippen molar-refractivity contribution >= 4 is 11.8 Å². The molecule has 1 unspecified atom stereocenters. The molecule has 4 nitrogen and oxygen atoms in total. The third-order valence-electron chi connectivity index (χ3n) is 5.69. The smallest absolute Gasteiger partial charge is 0.303 e. The molecule has 1 aromatic carbocycles. The van der Waals surface area contributed by atoms with Crippen LogP contribution in [-0.4, -0.2) is 29.9 Å². The molecule has 1 fully saturated rings. The standard InChI is InChI=1S/C22H33NO3/c1-16-6-12-19(13-7-16)21(24)15-20(23-2)14-18-10-8-17(9-11-18)4-3-5-22(25)26/h8-11,16,19-20,23H,3-7,12-15H2,1-2H3,(H,25,26). The molecule has 1 aliphatic carbocycles. The van der Waals surface area contributed by atoms with E-state index in [1.165, 1.54) is 24.0 Å². The first-order chi connectivity index (χ1) is 12.5. The summed E-state index contributed by atoms with van der Waals surface area (Å²) in [5.41, 5.74) is 2.39. The van der Waals surface area contributed by atoms with Gasteiger partial charge in [-0.25, -0.2) is 0 Å². The molecule has 1 atom stereocenters. The maximum atomic E-state index is 12.6. The molecule has 1 aliphatic rings. The van der Waals surface area contributed by atoms with Crippen molar-refractivity contribution in [2.45, 2.75) is 70.8 Å². The lowest BCUT2D eigenvalue weighted by molar-refractivity contribution is -0.137. The Bertz CT molecular complexity index is 574. The predicted octanol–water partition coefficient (Wildman–Crippen LogP) is 4.01. The van der Waals surface area contributed by atoms with Gasteiger partial charge in [0.25, 0.3) is 0 Å². The zero-order valence-electron chi connectivity index (χ0n) is 16.2. The van der Waals surface area contributed by atoms with Crippen LogP contribution in [0.3, 0.4) is 0 Å². The Morgan fingerprint density at radius 2 is 1.73 bits per heavy atom. The van der Waals surface area contributed by atoms with Gasteiger partial charge in [0, 0.05) is 24.8 Å². The number of hydrogen-bond donors (Lipinski definition) is 2. The molecule has 2 rings (SSSR count). The summed E-state index contributed by atoms with van der Waals surface area (Å²) in [4.78, 5) is 23.2. The molecule has 0 bridgehead atoms. The van der Waals surface area contributed by atoms with Gasteiger partial charge in [0.05, 0.1) is 0 Å². The van der Waals surface area contributed by atoms with Gasteiger partial charge in [0.15, 0.2) is 0 Å². The van der Waals surface area contributed by atoms with Crippen LogP contribution in [0.25, 0.3) is 0 Å². The van der Waals surface area contributed by atoms with Crippen molar-refractivity contribution in [1.29, 1.82) is 0 Å². The van der Waals surface area contributed by atoms with E-state index in [1.54, 1.807) is 0 Å². The van der Waals surface area contributed by atoms with Crippen molar-refractivity contribution in [3.8, 4) is 0 Å². The van der Waals surface area contributed by atoms with E-state index in [4.69, 9.17) is 5.11 Å². The second kappa shape index (κ2) is 10.5. The highest BCUT2D eigenvalue weighted by atomic mass is 16.4. The van der Waals surface area contributed by atoms with Gasteiger partial charge in [-0.2, -0.15) is 0 Å². The number of hydrogen-bond acceptors (Lipinski definition) is 3. The molecule has 0 saturated heterocycles. The maximum absolute atomic E-state index is 12.6. The summed E-state index contributed by atoms with van der Waals surface area (Å²) in [7, 11) is 1.93. The topological polar surface area (TPSA) is 66.4 Å². The first-order valence-electron chi connectivity index (χ1n) is 9.97. The second-order valence-electron chi connectivity index (χ2n) is 7.88. The van der Waals surface area contributed by atoms with Crippen molar-refractivity contribution in [3.63, 3.8) is 0 Å². The number of benzene rings is 1. The zero-order chi connectivity index (χ0) is 18.9. The maximum Gasteiger partial charge on any atom is 0.303 e. The zero-order valence-corrected chi connectivity index (χ0v) is 16.2. The SMILES string of the molecule is CNC(CC(=O)C1CCC(C)CC1)Cc1ccc(CCCC(=O)O)cc1. The number of nitrogens with one attached hydrogen (secondary N) is 1. The summed E-state index contributed by atoms with van der Waals surface area (Å²) in [6.45, 7) is 2.28. The van der Waals surface area contributed by atoms with Gasteiger partial charge in [0.2, 0.25) is 0 Å². The van der Waals surface area contributed by atoms with E-state index in [0.717, 1.165) is 31.6 Å². The summed E-state index contributed by atoms with van der Waals surface area (Å²) >= 11 is 0. The van der Waals surface area contributed by atoms with Gasteiger partial charge >= 0.3 is 5.97 Å². The number of ketones is 1. The van der Waals surface area contributed by atoms with Crippen LogP contribution in [0.2, 0.25) is 0 Å². The Morgan fingerprint density at radius 1 is 1.12 bits per heavy atom. The van der Waals surface area contributed by atoms with Gasteiger partial charge < -0.3 is 10.4 Å². The fraction of sp³-hybridized carbons (Fsp3) is 0.636. The Labute approximate surface area is 157 Å². The monoisotopic (exact) mass is 359 g/mol. The molecule has 26 heavy (non-hydrogen) atoms. The van der Waals surface area contributed by atoms with Crippen molar-refractivity contribution in [2.24, 2.45) is 11.8 Å². The van der Waals surface area contributed by atoms with Crippen LogP contribution in [0.15, 0.2) is 24.3 Å². The average molecular weight is 360 g/mol. The number of carboxylic acids is 1. The number of aliphatic carboxylic acids is 1. The third kappa shape index (κ3) is 6.91. The van der Waals surface area contributed by atoms with Crippen LogP contribution in [0.5, 0.6) is 0 Å². The van der Waals surface area contributed by atoms with E-state index in [-0.39, 0.29) is 18.4 Å². The van der Waals surface area contributed by atoms with Crippen LogP contribution in [0.4, 0.5) is 0 Å².